The van der Waals surface area contributed by atoms with Gasteiger partial charge in [-0.05, 0) is 54.2 Å². The highest BCUT2D eigenvalue weighted by molar-refractivity contribution is 14.1. The molecule has 5 aliphatic rings. The molecule has 5 amide bonds. The lowest BCUT2D eigenvalue weighted by atomic mass is 9.78. The number of likely N-dealkylation sites (tertiary alicyclic amines) is 1. The number of hydrogen-bond donors (Lipinski definition) is 3. The molecular weight excluding hydrogens is 827 g/mol. The SMILES string of the molecule is CC[C@H](I)C(C(=O)C(=O)NCc1ccncc1)[N+]12C(=O)[C@@H]3C4C(CCC1C42)CN3C(=O)[C@@H](NC(=O)C(CC1CCCCC1)NC(=O)c1cnccn1)C(C)(C)C. The number of halogens is 1. The van der Waals surface area contributed by atoms with Gasteiger partial charge in [0.15, 0.2) is 24.2 Å². The highest BCUT2D eigenvalue weighted by Crippen LogP contribution is 2.66. The minimum atomic E-state index is -0.995. The van der Waals surface area contributed by atoms with Crippen molar-refractivity contribution in [2.45, 2.75) is 132 Å². The van der Waals surface area contributed by atoms with Crippen LogP contribution in [0.2, 0.25) is 0 Å². The molecule has 3 saturated heterocycles. The third-order valence-electron chi connectivity index (χ3n) is 13.2. The van der Waals surface area contributed by atoms with Gasteiger partial charge in [0.25, 0.3) is 17.6 Å². The van der Waals surface area contributed by atoms with E-state index in [-0.39, 0.29) is 62.3 Å². The van der Waals surface area contributed by atoms with E-state index >= 15 is 4.79 Å². The number of aromatic nitrogens is 3. The van der Waals surface area contributed by atoms with Crippen LogP contribution in [0.5, 0.6) is 0 Å². The molecule has 0 aromatic carbocycles. The van der Waals surface area contributed by atoms with Crippen molar-refractivity contribution in [1.82, 2.24) is 35.8 Å². The second-order valence-corrected chi connectivity index (χ2v) is 19.1. The molecule has 2 aliphatic carbocycles. The van der Waals surface area contributed by atoms with E-state index in [9.17, 15) is 24.0 Å². The summed E-state index contributed by atoms with van der Waals surface area (Å²) in [5, 5.41) is 8.72. The molecule has 14 nitrogen and oxygen atoms in total. The number of carbonyl (C=O) groups excluding carboxylic acids is 6. The fourth-order valence-corrected chi connectivity index (χ4v) is 11.4. The molecule has 2 saturated carbocycles. The first kappa shape index (κ1) is 40.3. The van der Waals surface area contributed by atoms with Crippen molar-refractivity contribution < 1.29 is 33.3 Å². The maximum atomic E-state index is 15.0. The highest BCUT2D eigenvalue weighted by Gasteiger charge is 2.89. The summed E-state index contributed by atoms with van der Waals surface area (Å²) in [6.07, 6.45) is 15.3. The van der Waals surface area contributed by atoms with Gasteiger partial charge in [-0.2, -0.15) is 0 Å². The lowest BCUT2D eigenvalue weighted by Crippen LogP contribution is -2.62. The van der Waals surface area contributed by atoms with E-state index in [0.29, 0.717) is 19.4 Å². The number of quaternary nitrogens is 1. The van der Waals surface area contributed by atoms with E-state index in [1.54, 1.807) is 29.4 Å². The number of hydrogen-bond acceptors (Lipinski definition) is 9. The Kier molecular flexibility index (Phi) is 11.7. The Morgan fingerprint density at radius 3 is 2.36 bits per heavy atom. The molecule has 2 aromatic rings. The smallest absolute Gasteiger partial charge is 0.338 e. The summed E-state index contributed by atoms with van der Waals surface area (Å²) in [5.74, 6) is -2.58. The summed E-state index contributed by atoms with van der Waals surface area (Å²) in [6.45, 7) is 8.18. The van der Waals surface area contributed by atoms with Gasteiger partial charge in [-0.3, -0.25) is 33.9 Å². The lowest BCUT2D eigenvalue weighted by molar-refractivity contribution is -0.759. The number of nitrogens with one attached hydrogen (secondary N) is 3. The van der Waals surface area contributed by atoms with Crippen LogP contribution in [0, 0.1) is 23.2 Å². The number of alkyl halides is 1. The monoisotopic (exact) mass is 881 g/mol. The van der Waals surface area contributed by atoms with Gasteiger partial charge in [0.05, 0.1) is 16.0 Å². The molecule has 3 aliphatic heterocycles. The zero-order valence-corrected chi connectivity index (χ0v) is 34.8. The van der Waals surface area contributed by atoms with Crippen LogP contribution < -0.4 is 16.0 Å². The van der Waals surface area contributed by atoms with Gasteiger partial charge in [0.1, 0.15) is 17.8 Å². The zero-order valence-electron chi connectivity index (χ0n) is 32.7. The average Bonchev–Trinajstić information content (AvgIpc) is 3.55. The highest BCUT2D eigenvalue weighted by atomic mass is 127. The molecule has 5 fully saturated rings. The van der Waals surface area contributed by atoms with Gasteiger partial charge in [-0.25, -0.2) is 14.3 Å². The van der Waals surface area contributed by atoms with Crippen LogP contribution in [-0.2, 0) is 30.5 Å². The topological polar surface area (TPSA) is 180 Å². The van der Waals surface area contributed by atoms with Gasteiger partial charge in [-0.1, -0.05) is 82.4 Å². The molecule has 15 heteroatoms. The van der Waals surface area contributed by atoms with Crippen molar-refractivity contribution >= 4 is 57.9 Å². The van der Waals surface area contributed by atoms with Crippen molar-refractivity contribution in [3.8, 4) is 0 Å². The largest absolute Gasteiger partial charge is 0.345 e. The molecule has 7 unspecified atom stereocenters. The number of Topliss-reactive ketones (excluding diaryl/α,β-unsaturated/α-hetero) is 1. The van der Waals surface area contributed by atoms with Crippen LogP contribution in [0.1, 0.15) is 102 Å². The summed E-state index contributed by atoms with van der Waals surface area (Å²) in [5.41, 5.74) is 0.162. The molecular formula is C41H54IN8O6+. The van der Waals surface area contributed by atoms with Crippen LogP contribution in [0.25, 0.3) is 0 Å². The Balaban J connectivity index is 1.12. The van der Waals surface area contributed by atoms with Crippen LogP contribution in [0.3, 0.4) is 0 Å². The summed E-state index contributed by atoms with van der Waals surface area (Å²) < 4.78 is -0.342. The van der Waals surface area contributed by atoms with Crippen molar-refractivity contribution in [3.05, 3.63) is 54.4 Å². The Morgan fingerprint density at radius 2 is 1.70 bits per heavy atom. The van der Waals surface area contributed by atoms with Gasteiger partial charge in [0, 0.05) is 44.3 Å². The quantitative estimate of drug-likeness (QED) is 0.0845. The minimum Gasteiger partial charge on any atom is -0.345 e. The number of nitrogens with zero attached hydrogens (tertiary/aromatic N) is 5. The van der Waals surface area contributed by atoms with Crippen molar-refractivity contribution in [3.63, 3.8) is 0 Å². The predicted molar refractivity (Wildman–Crippen MR) is 213 cm³/mol. The number of pyridine rings is 1. The number of fused-ring (bicyclic) bond motifs is 1. The zero-order chi connectivity index (χ0) is 39.9. The first-order valence-electron chi connectivity index (χ1n) is 20.2. The Hall–Kier alpha value is -3.86. The molecule has 5 heterocycles. The fraction of sp³-hybridized carbons (Fsp3) is 0.634. The van der Waals surface area contributed by atoms with Gasteiger partial charge in [-0.15, -0.1) is 0 Å². The van der Waals surface area contributed by atoms with E-state index in [1.165, 1.54) is 18.6 Å². The summed E-state index contributed by atoms with van der Waals surface area (Å²) in [4.78, 5) is 99.1. The van der Waals surface area contributed by atoms with Gasteiger partial charge in [0.2, 0.25) is 11.8 Å². The molecule has 0 radical (unpaired) electrons. The molecule has 0 spiro atoms. The number of carbonyl (C=O) groups is 6. The normalized spacial score (nSPS) is 28.7. The molecule has 10 atom stereocenters. The van der Waals surface area contributed by atoms with E-state index in [4.69, 9.17) is 0 Å². The van der Waals surface area contributed by atoms with Gasteiger partial charge >= 0.3 is 5.91 Å². The summed E-state index contributed by atoms with van der Waals surface area (Å²) in [6, 6.07) is -0.157. The van der Waals surface area contributed by atoms with Crippen LogP contribution in [0.15, 0.2) is 43.1 Å². The summed E-state index contributed by atoms with van der Waals surface area (Å²) in [7, 11) is 0. The predicted octanol–water partition coefficient (Wildman–Crippen LogP) is 3.28. The van der Waals surface area contributed by atoms with Crippen LogP contribution in [0.4, 0.5) is 0 Å². The Labute approximate surface area is 341 Å². The van der Waals surface area contributed by atoms with Crippen molar-refractivity contribution in [2.24, 2.45) is 23.2 Å². The third kappa shape index (κ3) is 7.37. The molecule has 0 bridgehead atoms. The number of piperidine rings is 1. The molecule has 7 rings (SSSR count). The first-order chi connectivity index (χ1) is 26.8. The number of amides is 5. The second-order valence-electron chi connectivity index (χ2n) is 17.5. The van der Waals surface area contributed by atoms with E-state index in [0.717, 1.165) is 50.5 Å². The Bertz CT molecular complexity index is 1840. The number of rotatable bonds is 14. The van der Waals surface area contributed by atoms with Crippen LogP contribution in [-0.4, -0.2) is 106 Å². The maximum absolute atomic E-state index is 15.0. The first-order valence-corrected chi connectivity index (χ1v) is 21.5. The molecule has 3 N–H and O–H groups in total. The van der Waals surface area contributed by atoms with Crippen LogP contribution >= 0.6 is 22.6 Å². The molecule has 300 valence electrons. The van der Waals surface area contributed by atoms with E-state index < -0.39 is 53.1 Å². The Morgan fingerprint density at radius 1 is 0.964 bits per heavy atom. The number of ketones is 1. The maximum Gasteiger partial charge on any atom is 0.338 e. The van der Waals surface area contributed by atoms with Crippen molar-refractivity contribution in [2.75, 3.05) is 6.54 Å². The minimum absolute atomic E-state index is 0.0580. The lowest BCUT2D eigenvalue weighted by Gasteiger charge is -2.37. The summed E-state index contributed by atoms with van der Waals surface area (Å²) >= 11 is 2.22. The molecule has 56 heavy (non-hydrogen) atoms. The standard InChI is InChI=1S/C41H53IN8O6/c1-5-26(42)32(34(51)38(54)46-20-24-13-15-43-16-14-24)50-29-12-11-25-22-49(31(40(50)56)30(25)33(29)50)39(55)35(41(2,3)4)48-36(52)27(19-23-9-7-6-8-10-23)47-37(53)28-21-44-17-18-45-28/h13-18,21,23,25-27,29-33,35H,5-12,19-20,22H2,1-4H3,(H2-,46,47,48,52,53,54)/p+1/t25?,26-,27?,29?,30?,31-,32?,33?,35+,50?/m0/s1. The fourth-order valence-electron chi connectivity index (χ4n) is 10.5. The van der Waals surface area contributed by atoms with Gasteiger partial charge < -0.3 is 20.9 Å². The second kappa shape index (κ2) is 16.2. The van der Waals surface area contributed by atoms with E-state index in [2.05, 4.69) is 53.5 Å². The van der Waals surface area contributed by atoms with Crippen molar-refractivity contribution in [1.29, 1.82) is 0 Å². The average molecular weight is 882 g/mol. The third-order valence-corrected chi connectivity index (χ3v) is 14.7. The molecule has 2 aromatic heterocycles. The van der Waals surface area contributed by atoms with E-state index in [1.807, 2.05) is 27.7 Å².